The van der Waals surface area contributed by atoms with Crippen LogP contribution in [-0.4, -0.2) is 28.8 Å². The summed E-state index contributed by atoms with van der Waals surface area (Å²) in [6.45, 7) is 6.37. The molecule has 1 atom stereocenters. The number of rotatable bonds is 2. The van der Waals surface area contributed by atoms with Crippen LogP contribution in [0.5, 0.6) is 0 Å². The molecule has 1 N–H and O–H groups in total. The minimum atomic E-state index is -0.321. The molecule has 0 spiro atoms. The van der Waals surface area contributed by atoms with Gasteiger partial charge in [-0.05, 0) is 32.9 Å². The summed E-state index contributed by atoms with van der Waals surface area (Å²) in [6, 6.07) is 7.08. The fraction of sp³-hybridized carbons (Fsp3) is 0.467. The number of hydrogen-bond acceptors (Lipinski definition) is 2. The number of carbonyl (C=O) groups is 2. The molecule has 0 saturated carbocycles. The zero-order chi connectivity index (χ0) is 14.9. The van der Waals surface area contributed by atoms with Crippen LogP contribution in [0.1, 0.15) is 27.2 Å². The summed E-state index contributed by atoms with van der Waals surface area (Å²) < 4.78 is 0. The molecule has 1 aromatic rings. The highest BCUT2D eigenvalue weighted by Gasteiger charge is 2.39. The van der Waals surface area contributed by atoms with Crippen LogP contribution in [0.2, 0.25) is 5.02 Å². The maximum Gasteiger partial charge on any atom is 0.229 e. The zero-order valence-electron chi connectivity index (χ0n) is 11.9. The molecule has 2 rings (SSSR count). The first-order valence-electron chi connectivity index (χ1n) is 6.65. The number of nitrogens with one attached hydrogen (secondary N) is 1. The van der Waals surface area contributed by atoms with Crippen LogP contribution in [0.25, 0.3) is 0 Å². The van der Waals surface area contributed by atoms with E-state index < -0.39 is 0 Å². The van der Waals surface area contributed by atoms with Crippen molar-refractivity contribution in [2.24, 2.45) is 5.92 Å². The first kappa shape index (κ1) is 14.9. The van der Waals surface area contributed by atoms with E-state index in [0.717, 1.165) is 0 Å². The first-order valence-corrected chi connectivity index (χ1v) is 7.02. The molecular formula is C15H19ClN2O2. The van der Waals surface area contributed by atoms with Gasteiger partial charge in [0.15, 0.2) is 0 Å². The fourth-order valence-corrected chi connectivity index (χ4v) is 2.51. The molecule has 1 saturated heterocycles. The van der Waals surface area contributed by atoms with Crippen LogP contribution in [0.4, 0.5) is 5.69 Å². The Balaban J connectivity index is 2.05. The standard InChI is InChI=1S/C15H19ClN2O2/c1-15(2,3)18-9-10(8-13(18)19)14(20)17-12-7-5-4-6-11(12)16/h4-7,10H,8-9H2,1-3H3,(H,17,20). The third-order valence-electron chi connectivity index (χ3n) is 3.44. The molecule has 108 valence electrons. The van der Waals surface area contributed by atoms with Crippen molar-refractivity contribution in [3.8, 4) is 0 Å². The number of benzene rings is 1. The number of carbonyl (C=O) groups excluding carboxylic acids is 2. The predicted octanol–water partition coefficient (Wildman–Crippen LogP) is 2.93. The number of halogens is 1. The van der Waals surface area contributed by atoms with Crippen LogP contribution in [0.3, 0.4) is 0 Å². The van der Waals surface area contributed by atoms with Crippen molar-refractivity contribution in [2.75, 3.05) is 11.9 Å². The van der Waals surface area contributed by atoms with Crippen LogP contribution >= 0.6 is 11.6 Å². The molecule has 0 bridgehead atoms. The molecule has 1 aliphatic rings. The second kappa shape index (κ2) is 5.44. The molecule has 0 aliphatic carbocycles. The lowest BCUT2D eigenvalue weighted by Gasteiger charge is -2.31. The van der Waals surface area contributed by atoms with E-state index in [-0.39, 0.29) is 29.7 Å². The summed E-state index contributed by atoms with van der Waals surface area (Å²) in [5, 5.41) is 3.29. The molecule has 1 fully saturated rings. The molecule has 1 heterocycles. The smallest absolute Gasteiger partial charge is 0.229 e. The Morgan fingerprint density at radius 1 is 1.35 bits per heavy atom. The van der Waals surface area contributed by atoms with Gasteiger partial charge in [-0.25, -0.2) is 0 Å². The molecule has 0 aromatic heterocycles. The minimum absolute atomic E-state index is 0.0248. The van der Waals surface area contributed by atoms with Gasteiger partial charge in [-0.15, -0.1) is 0 Å². The van der Waals surface area contributed by atoms with Gasteiger partial charge >= 0.3 is 0 Å². The van der Waals surface area contributed by atoms with Crippen molar-refractivity contribution in [1.82, 2.24) is 4.90 Å². The molecule has 5 heteroatoms. The molecule has 2 amide bonds. The van der Waals surface area contributed by atoms with E-state index in [4.69, 9.17) is 11.6 Å². The largest absolute Gasteiger partial charge is 0.337 e. The van der Waals surface area contributed by atoms with Crippen molar-refractivity contribution >= 4 is 29.1 Å². The lowest BCUT2D eigenvalue weighted by molar-refractivity contribution is -0.131. The average molecular weight is 295 g/mol. The topological polar surface area (TPSA) is 49.4 Å². The number of amides is 2. The quantitative estimate of drug-likeness (QED) is 0.912. The third-order valence-corrected chi connectivity index (χ3v) is 3.77. The maximum absolute atomic E-state index is 12.2. The van der Waals surface area contributed by atoms with Crippen molar-refractivity contribution in [2.45, 2.75) is 32.7 Å². The summed E-state index contributed by atoms with van der Waals surface area (Å²) in [6.07, 6.45) is 0.257. The Bertz CT molecular complexity index is 537. The van der Waals surface area contributed by atoms with Crippen LogP contribution in [0.15, 0.2) is 24.3 Å². The Morgan fingerprint density at radius 2 is 2.00 bits per heavy atom. The third kappa shape index (κ3) is 3.12. The van der Waals surface area contributed by atoms with Crippen molar-refractivity contribution in [1.29, 1.82) is 0 Å². The number of nitrogens with zero attached hydrogens (tertiary/aromatic N) is 1. The van der Waals surface area contributed by atoms with Gasteiger partial charge in [-0.3, -0.25) is 9.59 Å². The molecular weight excluding hydrogens is 276 g/mol. The number of para-hydroxylation sites is 1. The summed E-state index contributed by atoms with van der Waals surface area (Å²) in [7, 11) is 0. The van der Waals surface area contributed by atoms with Gasteiger partial charge in [-0.1, -0.05) is 23.7 Å². The van der Waals surface area contributed by atoms with E-state index >= 15 is 0 Å². The Hall–Kier alpha value is -1.55. The van der Waals surface area contributed by atoms with Gasteiger partial charge in [0.25, 0.3) is 0 Å². The Labute approximate surface area is 124 Å². The average Bonchev–Trinajstić information content (AvgIpc) is 2.74. The number of likely N-dealkylation sites (tertiary alicyclic amines) is 1. The highest BCUT2D eigenvalue weighted by Crippen LogP contribution is 2.28. The molecule has 1 aliphatic heterocycles. The van der Waals surface area contributed by atoms with Crippen molar-refractivity contribution in [3.63, 3.8) is 0 Å². The minimum Gasteiger partial charge on any atom is -0.337 e. The SMILES string of the molecule is CC(C)(C)N1CC(C(=O)Nc2ccccc2Cl)CC1=O. The normalized spacial score (nSPS) is 19.3. The van der Waals surface area contributed by atoms with Crippen LogP contribution in [0, 0.1) is 5.92 Å². The second-order valence-corrected chi connectivity index (χ2v) is 6.45. The van der Waals surface area contributed by atoms with Gasteiger partial charge in [0, 0.05) is 18.5 Å². The van der Waals surface area contributed by atoms with E-state index in [1.165, 1.54) is 0 Å². The lowest BCUT2D eigenvalue weighted by atomic mass is 10.1. The maximum atomic E-state index is 12.2. The molecule has 1 aromatic carbocycles. The van der Waals surface area contributed by atoms with E-state index in [1.807, 2.05) is 26.8 Å². The molecule has 0 radical (unpaired) electrons. The van der Waals surface area contributed by atoms with Gasteiger partial charge in [-0.2, -0.15) is 0 Å². The van der Waals surface area contributed by atoms with Gasteiger partial charge in [0.2, 0.25) is 11.8 Å². The zero-order valence-corrected chi connectivity index (χ0v) is 12.7. The summed E-state index contributed by atoms with van der Waals surface area (Å²) in [5.41, 5.74) is 0.331. The van der Waals surface area contributed by atoms with E-state index in [9.17, 15) is 9.59 Å². The summed E-state index contributed by atoms with van der Waals surface area (Å²) in [4.78, 5) is 26.0. The fourth-order valence-electron chi connectivity index (χ4n) is 2.33. The van der Waals surface area contributed by atoms with E-state index in [1.54, 1.807) is 23.1 Å². The predicted molar refractivity (Wildman–Crippen MR) is 79.7 cm³/mol. The lowest BCUT2D eigenvalue weighted by Crippen LogP contribution is -2.42. The molecule has 1 unspecified atom stereocenters. The van der Waals surface area contributed by atoms with Gasteiger partial charge < -0.3 is 10.2 Å². The number of hydrogen-bond donors (Lipinski definition) is 1. The van der Waals surface area contributed by atoms with Crippen LogP contribution < -0.4 is 5.32 Å². The second-order valence-electron chi connectivity index (χ2n) is 6.05. The van der Waals surface area contributed by atoms with E-state index in [2.05, 4.69) is 5.32 Å². The highest BCUT2D eigenvalue weighted by atomic mass is 35.5. The van der Waals surface area contributed by atoms with Gasteiger partial charge in [0.1, 0.15) is 0 Å². The Kier molecular flexibility index (Phi) is 4.04. The number of anilines is 1. The summed E-state index contributed by atoms with van der Waals surface area (Å²) in [5.74, 6) is -0.451. The highest BCUT2D eigenvalue weighted by molar-refractivity contribution is 6.33. The Morgan fingerprint density at radius 3 is 2.55 bits per heavy atom. The molecule has 20 heavy (non-hydrogen) atoms. The van der Waals surface area contributed by atoms with Gasteiger partial charge in [0.05, 0.1) is 16.6 Å². The van der Waals surface area contributed by atoms with Crippen molar-refractivity contribution in [3.05, 3.63) is 29.3 Å². The summed E-state index contributed by atoms with van der Waals surface area (Å²) >= 11 is 6.01. The first-order chi connectivity index (χ1) is 9.29. The monoisotopic (exact) mass is 294 g/mol. The molecule has 4 nitrogen and oxygen atoms in total. The van der Waals surface area contributed by atoms with Crippen molar-refractivity contribution < 1.29 is 9.59 Å². The van der Waals surface area contributed by atoms with E-state index in [0.29, 0.717) is 17.3 Å². The van der Waals surface area contributed by atoms with Crippen LogP contribution in [-0.2, 0) is 9.59 Å².